The monoisotopic (exact) mass is 233 g/mol. The maximum atomic E-state index is 5.56. The standard InChI is InChI=1S/C11H15N5O/c1-16(2)6-5-10-14-11(17-15-10)9-4-3-8(12)7-13-9/h3-4,7H,5-6,12H2,1-2H3. The molecule has 0 atom stereocenters. The molecule has 0 unspecified atom stereocenters. The number of nitrogen functional groups attached to an aromatic ring is 1. The third-order valence-electron chi connectivity index (χ3n) is 2.26. The summed E-state index contributed by atoms with van der Waals surface area (Å²) in [6, 6.07) is 3.52. The van der Waals surface area contributed by atoms with E-state index in [-0.39, 0.29) is 0 Å². The number of hydrogen-bond acceptors (Lipinski definition) is 6. The topological polar surface area (TPSA) is 81.1 Å². The number of hydrogen-bond donors (Lipinski definition) is 1. The lowest BCUT2D eigenvalue weighted by Gasteiger charge is -2.05. The fourth-order valence-corrected chi connectivity index (χ4v) is 1.31. The van der Waals surface area contributed by atoms with Crippen LogP contribution in [-0.4, -0.2) is 40.7 Å². The fraction of sp³-hybridized carbons (Fsp3) is 0.364. The summed E-state index contributed by atoms with van der Waals surface area (Å²) in [5.41, 5.74) is 6.81. The van der Waals surface area contributed by atoms with Gasteiger partial charge in [0.1, 0.15) is 5.69 Å². The molecule has 0 aromatic carbocycles. The number of nitrogens with two attached hydrogens (primary N) is 1. The first kappa shape index (κ1) is 11.5. The molecule has 0 aliphatic heterocycles. The Balaban J connectivity index is 2.10. The van der Waals surface area contributed by atoms with E-state index in [4.69, 9.17) is 10.3 Å². The van der Waals surface area contributed by atoms with Crippen molar-refractivity contribution in [3.63, 3.8) is 0 Å². The lowest BCUT2D eigenvalue weighted by atomic mass is 10.3. The van der Waals surface area contributed by atoms with Gasteiger partial charge in [0.25, 0.3) is 5.89 Å². The Bertz CT molecular complexity index is 477. The maximum Gasteiger partial charge on any atom is 0.276 e. The molecule has 2 heterocycles. The number of rotatable bonds is 4. The predicted molar refractivity (Wildman–Crippen MR) is 64.2 cm³/mol. The molecule has 0 saturated carbocycles. The molecule has 2 aromatic rings. The van der Waals surface area contributed by atoms with E-state index in [1.165, 1.54) is 0 Å². The van der Waals surface area contributed by atoms with Gasteiger partial charge in [0.2, 0.25) is 0 Å². The molecule has 90 valence electrons. The van der Waals surface area contributed by atoms with Crippen molar-refractivity contribution in [1.29, 1.82) is 0 Å². The minimum absolute atomic E-state index is 0.429. The van der Waals surface area contributed by atoms with E-state index in [2.05, 4.69) is 20.0 Å². The third-order valence-corrected chi connectivity index (χ3v) is 2.26. The van der Waals surface area contributed by atoms with Gasteiger partial charge in [0.15, 0.2) is 5.82 Å². The molecule has 0 aliphatic carbocycles. The van der Waals surface area contributed by atoms with E-state index in [0.29, 0.717) is 23.1 Å². The lowest BCUT2D eigenvalue weighted by Crippen LogP contribution is -2.15. The summed E-state index contributed by atoms with van der Waals surface area (Å²) in [4.78, 5) is 10.5. The second-order valence-electron chi connectivity index (χ2n) is 4.05. The smallest absolute Gasteiger partial charge is 0.276 e. The van der Waals surface area contributed by atoms with Gasteiger partial charge in [-0.25, -0.2) is 4.98 Å². The van der Waals surface area contributed by atoms with Crippen molar-refractivity contribution < 1.29 is 4.52 Å². The molecule has 17 heavy (non-hydrogen) atoms. The van der Waals surface area contributed by atoms with E-state index in [9.17, 15) is 0 Å². The Morgan fingerprint density at radius 1 is 1.35 bits per heavy atom. The van der Waals surface area contributed by atoms with Gasteiger partial charge in [-0.3, -0.25) is 0 Å². The SMILES string of the molecule is CN(C)CCc1noc(-c2ccc(N)cn2)n1. The highest BCUT2D eigenvalue weighted by Crippen LogP contribution is 2.15. The first-order chi connectivity index (χ1) is 8.15. The van der Waals surface area contributed by atoms with Crippen molar-refractivity contribution >= 4 is 5.69 Å². The van der Waals surface area contributed by atoms with Crippen molar-refractivity contribution in [2.24, 2.45) is 0 Å². The maximum absolute atomic E-state index is 5.56. The van der Waals surface area contributed by atoms with Crippen LogP contribution in [0.2, 0.25) is 0 Å². The summed E-state index contributed by atoms with van der Waals surface area (Å²) < 4.78 is 5.14. The minimum Gasteiger partial charge on any atom is -0.397 e. The Morgan fingerprint density at radius 2 is 2.18 bits per heavy atom. The average Bonchev–Trinajstić information content (AvgIpc) is 2.76. The molecule has 6 nitrogen and oxygen atoms in total. The second-order valence-corrected chi connectivity index (χ2v) is 4.05. The number of pyridine rings is 1. The summed E-state index contributed by atoms with van der Waals surface area (Å²) in [5, 5.41) is 3.90. The van der Waals surface area contributed by atoms with Gasteiger partial charge in [0, 0.05) is 13.0 Å². The third kappa shape index (κ3) is 3.01. The zero-order valence-electron chi connectivity index (χ0n) is 9.92. The fourth-order valence-electron chi connectivity index (χ4n) is 1.31. The highest BCUT2D eigenvalue weighted by molar-refractivity contribution is 5.50. The van der Waals surface area contributed by atoms with Crippen LogP contribution in [0.4, 0.5) is 5.69 Å². The van der Waals surface area contributed by atoms with Gasteiger partial charge < -0.3 is 15.2 Å². The van der Waals surface area contributed by atoms with Crippen LogP contribution >= 0.6 is 0 Å². The molecular weight excluding hydrogens is 218 g/mol. The largest absolute Gasteiger partial charge is 0.397 e. The van der Waals surface area contributed by atoms with Crippen molar-refractivity contribution in [3.05, 3.63) is 24.2 Å². The van der Waals surface area contributed by atoms with Crippen molar-refractivity contribution in [3.8, 4) is 11.6 Å². The van der Waals surface area contributed by atoms with E-state index in [1.54, 1.807) is 18.3 Å². The van der Waals surface area contributed by atoms with Crippen LogP contribution in [-0.2, 0) is 6.42 Å². The molecular formula is C11H15N5O. The highest BCUT2D eigenvalue weighted by atomic mass is 16.5. The average molecular weight is 233 g/mol. The zero-order valence-corrected chi connectivity index (χ0v) is 9.92. The lowest BCUT2D eigenvalue weighted by molar-refractivity contribution is 0.392. The van der Waals surface area contributed by atoms with E-state index < -0.39 is 0 Å². The highest BCUT2D eigenvalue weighted by Gasteiger charge is 2.09. The van der Waals surface area contributed by atoms with Gasteiger partial charge in [-0.15, -0.1) is 0 Å². The van der Waals surface area contributed by atoms with E-state index in [0.717, 1.165) is 13.0 Å². The summed E-state index contributed by atoms with van der Waals surface area (Å²) in [6.45, 7) is 0.883. The summed E-state index contributed by atoms with van der Waals surface area (Å²) in [7, 11) is 4.01. The van der Waals surface area contributed by atoms with Crippen molar-refractivity contribution in [2.75, 3.05) is 26.4 Å². The molecule has 0 spiro atoms. The minimum atomic E-state index is 0.429. The van der Waals surface area contributed by atoms with Gasteiger partial charge in [-0.2, -0.15) is 4.98 Å². The van der Waals surface area contributed by atoms with Crippen molar-refractivity contribution in [1.82, 2.24) is 20.0 Å². The molecule has 0 bridgehead atoms. The Kier molecular flexibility index (Phi) is 3.34. The van der Waals surface area contributed by atoms with Gasteiger partial charge >= 0.3 is 0 Å². The Hall–Kier alpha value is -1.95. The molecule has 0 amide bonds. The number of anilines is 1. The molecule has 0 radical (unpaired) electrons. The molecule has 0 aliphatic rings. The zero-order chi connectivity index (χ0) is 12.3. The van der Waals surface area contributed by atoms with Crippen LogP contribution in [0.1, 0.15) is 5.82 Å². The number of aromatic nitrogens is 3. The molecule has 6 heteroatoms. The summed E-state index contributed by atoms with van der Waals surface area (Å²) in [6.07, 6.45) is 2.32. The first-order valence-corrected chi connectivity index (χ1v) is 5.34. The van der Waals surface area contributed by atoms with Crippen LogP contribution < -0.4 is 5.73 Å². The first-order valence-electron chi connectivity index (χ1n) is 5.34. The molecule has 2 rings (SSSR count). The number of nitrogens with zero attached hydrogens (tertiary/aromatic N) is 4. The quantitative estimate of drug-likeness (QED) is 0.842. The second kappa shape index (κ2) is 4.92. The summed E-state index contributed by atoms with van der Waals surface area (Å²) in [5.74, 6) is 1.12. The van der Waals surface area contributed by atoms with Gasteiger partial charge in [-0.1, -0.05) is 5.16 Å². The van der Waals surface area contributed by atoms with E-state index in [1.807, 2.05) is 14.1 Å². The predicted octanol–water partition coefficient (Wildman–Crippen LogP) is 0.818. The molecule has 2 N–H and O–H groups in total. The molecule has 0 saturated heterocycles. The van der Waals surface area contributed by atoms with E-state index >= 15 is 0 Å². The van der Waals surface area contributed by atoms with Gasteiger partial charge in [0.05, 0.1) is 11.9 Å². The number of likely N-dealkylation sites (N-methyl/N-ethyl adjacent to an activating group) is 1. The van der Waals surface area contributed by atoms with Crippen LogP contribution in [0, 0.1) is 0 Å². The van der Waals surface area contributed by atoms with Crippen LogP contribution in [0.15, 0.2) is 22.9 Å². The van der Waals surface area contributed by atoms with Crippen LogP contribution in [0.3, 0.4) is 0 Å². The Labute approximate surface area is 99.5 Å². The van der Waals surface area contributed by atoms with Crippen LogP contribution in [0.25, 0.3) is 11.6 Å². The Morgan fingerprint density at radius 3 is 2.82 bits per heavy atom. The van der Waals surface area contributed by atoms with Gasteiger partial charge in [-0.05, 0) is 26.2 Å². The molecule has 0 fully saturated rings. The summed E-state index contributed by atoms with van der Waals surface area (Å²) >= 11 is 0. The van der Waals surface area contributed by atoms with Crippen LogP contribution in [0.5, 0.6) is 0 Å². The normalized spacial score (nSPS) is 11.0. The van der Waals surface area contributed by atoms with Crippen molar-refractivity contribution in [2.45, 2.75) is 6.42 Å². The molecule has 2 aromatic heterocycles.